The van der Waals surface area contributed by atoms with Gasteiger partial charge in [-0.05, 0) is 80.3 Å². The van der Waals surface area contributed by atoms with Crippen LogP contribution < -0.4 is 15.2 Å². The molecule has 41 heavy (non-hydrogen) atoms. The van der Waals surface area contributed by atoms with Crippen molar-refractivity contribution >= 4 is 28.5 Å². The summed E-state index contributed by atoms with van der Waals surface area (Å²) in [6, 6.07) is 34.4. The largest absolute Gasteiger partial charge is 0.344 e. The highest BCUT2D eigenvalue weighted by Crippen LogP contribution is 2.35. The van der Waals surface area contributed by atoms with Crippen molar-refractivity contribution < 1.29 is 0 Å². The van der Waals surface area contributed by atoms with Gasteiger partial charge in [-0.15, -0.1) is 0 Å². The van der Waals surface area contributed by atoms with Crippen LogP contribution in [0.4, 0.5) is 17.1 Å². The highest BCUT2D eigenvalue weighted by Gasteiger charge is 2.31. The third-order valence-electron chi connectivity index (χ3n) is 7.13. The second kappa shape index (κ2) is 13.7. The highest BCUT2D eigenvalue weighted by molar-refractivity contribution is 6.11. The minimum atomic E-state index is -0.114. The lowest BCUT2D eigenvalue weighted by molar-refractivity contribution is 0.617. The Labute approximate surface area is 246 Å². The summed E-state index contributed by atoms with van der Waals surface area (Å²) in [4.78, 5) is 4.56. The zero-order chi connectivity index (χ0) is 29.4. The summed E-state index contributed by atoms with van der Waals surface area (Å²) in [6.07, 6.45) is 6.29. The average Bonchev–Trinajstić information content (AvgIpc) is 3.46. The molecule has 1 aliphatic rings. The highest BCUT2D eigenvalue weighted by atomic mass is 15.5. The molecule has 1 N–H and O–H groups in total. The Bertz CT molecular complexity index is 1510. The van der Waals surface area contributed by atoms with E-state index in [1.54, 1.807) is 0 Å². The molecule has 0 aliphatic carbocycles. The van der Waals surface area contributed by atoms with Crippen molar-refractivity contribution in [3.8, 4) is 0 Å². The first-order valence-corrected chi connectivity index (χ1v) is 14.5. The number of amidine groups is 1. The maximum absolute atomic E-state index is 4.81. The minimum Gasteiger partial charge on any atom is -0.344 e. The molecule has 1 aliphatic heterocycles. The first-order chi connectivity index (χ1) is 20.0. The summed E-state index contributed by atoms with van der Waals surface area (Å²) in [5.74, 6) is 0.920. The Morgan fingerprint density at radius 1 is 0.829 bits per heavy atom. The second-order valence-electron chi connectivity index (χ2n) is 9.96. The SMILES string of the molecule is C/C=C\C(=C/C)c1ccccc1N(C)c1ccc(C2NN=C(c3ccccc3)N2c2cc(C)cc(C)c2)cc1.CC. The fraction of sp³-hybridized carbons (Fsp3) is 0.216. The van der Waals surface area contributed by atoms with Crippen LogP contribution >= 0.6 is 0 Å². The molecule has 1 heterocycles. The summed E-state index contributed by atoms with van der Waals surface area (Å²) in [7, 11) is 2.13. The summed E-state index contributed by atoms with van der Waals surface area (Å²) in [6.45, 7) is 12.4. The van der Waals surface area contributed by atoms with Crippen LogP contribution in [-0.2, 0) is 0 Å². The number of nitrogens with one attached hydrogen (secondary N) is 1. The van der Waals surface area contributed by atoms with Crippen molar-refractivity contribution in [2.75, 3.05) is 16.8 Å². The smallest absolute Gasteiger partial charge is 0.162 e. The van der Waals surface area contributed by atoms with E-state index in [4.69, 9.17) is 5.10 Å². The van der Waals surface area contributed by atoms with Gasteiger partial charge in [0.15, 0.2) is 5.84 Å². The number of aryl methyl sites for hydroxylation is 2. The molecular formula is C37H42N4. The van der Waals surface area contributed by atoms with Gasteiger partial charge in [-0.1, -0.05) is 98.8 Å². The van der Waals surface area contributed by atoms with Crippen molar-refractivity contribution in [2.45, 2.75) is 47.7 Å². The van der Waals surface area contributed by atoms with Crippen LogP contribution in [-0.4, -0.2) is 12.9 Å². The molecule has 0 saturated carbocycles. The lowest BCUT2D eigenvalue weighted by atomic mass is 10.0. The fourth-order valence-electron chi connectivity index (χ4n) is 5.28. The first-order valence-electron chi connectivity index (χ1n) is 14.5. The van der Waals surface area contributed by atoms with Gasteiger partial charge in [-0.2, -0.15) is 5.10 Å². The number of hydrogen-bond acceptors (Lipinski definition) is 4. The van der Waals surface area contributed by atoms with Crippen LogP contribution in [0.15, 0.2) is 120 Å². The van der Waals surface area contributed by atoms with Crippen LogP contribution in [0.2, 0.25) is 0 Å². The van der Waals surface area contributed by atoms with Crippen molar-refractivity contribution in [3.63, 3.8) is 0 Å². The van der Waals surface area contributed by atoms with Gasteiger partial charge < -0.3 is 4.90 Å². The van der Waals surface area contributed by atoms with Crippen LogP contribution in [0.1, 0.15) is 61.7 Å². The lowest BCUT2D eigenvalue weighted by Gasteiger charge is -2.29. The van der Waals surface area contributed by atoms with Gasteiger partial charge >= 0.3 is 0 Å². The molecule has 0 aromatic heterocycles. The third kappa shape index (κ3) is 6.44. The van der Waals surface area contributed by atoms with E-state index in [0.717, 1.165) is 28.3 Å². The Hall–Kier alpha value is -4.57. The molecule has 4 aromatic rings. The van der Waals surface area contributed by atoms with Gasteiger partial charge in [0.2, 0.25) is 0 Å². The Balaban J connectivity index is 0.00000189. The molecule has 5 rings (SSSR count). The van der Waals surface area contributed by atoms with Crippen LogP contribution in [0.25, 0.3) is 5.57 Å². The Kier molecular flexibility index (Phi) is 9.81. The predicted molar refractivity (Wildman–Crippen MR) is 178 cm³/mol. The van der Waals surface area contributed by atoms with Crippen LogP contribution in [0.3, 0.4) is 0 Å². The van der Waals surface area contributed by atoms with Gasteiger partial charge in [0, 0.05) is 35.2 Å². The van der Waals surface area contributed by atoms with Crippen molar-refractivity contribution in [3.05, 3.63) is 143 Å². The molecule has 0 spiro atoms. The van der Waals surface area contributed by atoms with Crippen LogP contribution in [0.5, 0.6) is 0 Å². The van der Waals surface area contributed by atoms with E-state index >= 15 is 0 Å². The van der Waals surface area contributed by atoms with Crippen LogP contribution in [0, 0.1) is 13.8 Å². The Morgan fingerprint density at radius 3 is 2.10 bits per heavy atom. The molecular weight excluding hydrogens is 500 g/mol. The third-order valence-corrected chi connectivity index (χ3v) is 7.13. The normalized spacial score (nSPS) is 14.8. The second-order valence-corrected chi connectivity index (χ2v) is 9.96. The molecule has 210 valence electrons. The van der Waals surface area contributed by atoms with E-state index < -0.39 is 0 Å². The molecule has 0 bridgehead atoms. The number of benzene rings is 4. The summed E-state index contributed by atoms with van der Waals surface area (Å²) >= 11 is 0. The Morgan fingerprint density at radius 2 is 1.46 bits per heavy atom. The monoisotopic (exact) mass is 542 g/mol. The lowest BCUT2D eigenvalue weighted by Crippen LogP contribution is -2.34. The van der Waals surface area contributed by atoms with E-state index in [2.05, 4.69) is 159 Å². The molecule has 4 aromatic carbocycles. The maximum atomic E-state index is 4.81. The molecule has 4 nitrogen and oxygen atoms in total. The molecule has 1 unspecified atom stereocenters. The molecule has 0 amide bonds. The minimum absolute atomic E-state index is 0.114. The predicted octanol–water partition coefficient (Wildman–Crippen LogP) is 9.55. The standard InChI is InChI=1S/C35H36N4.C2H6/c1-6-13-27(7-2)32-16-11-12-17-33(32)38(5)30-20-18-29(19-21-30)35-37-36-34(28-14-9-8-10-15-28)39(35)31-23-25(3)22-26(4)24-31;1-2/h6-24,35,37H,1-5H3;1-2H3/b13-6-,27-7+;. The molecule has 0 radical (unpaired) electrons. The van der Waals surface area contributed by atoms with Gasteiger partial charge in [-0.25, -0.2) is 0 Å². The topological polar surface area (TPSA) is 30.9 Å². The maximum Gasteiger partial charge on any atom is 0.162 e. The van der Waals surface area contributed by atoms with Gasteiger partial charge in [0.05, 0.1) is 0 Å². The molecule has 4 heteroatoms. The van der Waals surface area contributed by atoms with E-state index in [1.807, 2.05) is 19.9 Å². The van der Waals surface area contributed by atoms with Crippen molar-refractivity contribution in [1.29, 1.82) is 0 Å². The average molecular weight is 543 g/mol. The number of nitrogens with zero attached hydrogens (tertiary/aromatic N) is 3. The van der Waals surface area contributed by atoms with E-state index in [-0.39, 0.29) is 6.17 Å². The first kappa shape index (κ1) is 29.4. The van der Waals surface area contributed by atoms with Crippen molar-refractivity contribution in [1.82, 2.24) is 5.43 Å². The van der Waals surface area contributed by atoms with E-state index in [9.17, 15) is 0 Å². The fourth-order valence-corrected chi connectivity index (χ4v) is 5.28. The number of allylic oxidation sites excluding steroid dienone is 4. The number of hydrazone groups is 1. The van der Waals surface area contributed by atoms with Crippen molar-refractivity contribution in [2.24, 2.45) is 5.10 Å². The summed E-state index contributed by atoms with van der Waals surface area (Å²) < 4.78 is 0. The zero-order valence-electron chi connectivity index (χ0n) is 25.4. The molecule has 0 saturated heterocycles. The zero-order valence-corrected chi connectivity index (χ0v) is 25.4. The van der Waals surface area contributed by atoms with Gasteiger partial charge in [0.1, 0.15) is 6.17 Å². The number of anilines is 3. The summed E-state index contributed by atoms with van der Waals surface area (Å²) in [5, 5.41) is 4.81. The molecule has 0 fully saturated rings. The summed E-state index contributed by atoms with van der Waals surface area (Å²) in [5.41, 5.74) is 14.0. The van der Waals surface area contributed by atoms with Gasteiger partial charge in [-0.3, -0.25) is 10.3 Å². The quantitative estimate of drug-likeness (QED) is 0.236. The van der Waals surface area contributed by atoms with E-state index in [0.29, 0.717) is 0 Å². The van der Waals surface area contributed by atoms with E-state index in [1.165, 1.54) is 28.0 Å². The molecule has 1 atom stereocenters. The number of hydrogen-bond donors (Lipinski definition) is 1. The number of para-hydroxylation sites is 1. The number of rotatable bonds is 7. The van der Waals surface area contributed by atoms with Gasteiger partial charge in [0.25, 0.3) is 0 Å².